The average molecular weight is 332 g/mol. The van der Waals surface area contributed by atoms with Gasteiger partial charge in [0, 0.05) is 37.1 Å². The standard InChI is InChI=1S/C16H20N4O2S/c1-3-20-12(6-10(2)18-20)16(21)19-8-11-7-13(22-14(11)9-19)15-17-4-5-23-15/h4-6,11,13-14H,3,7-9H2,1-2H3/t11-,13-,14+/m0/s1. The third-order valence-corrected chi connectivity index (χ3v) is 5.54. The van der Waals surface area contributed by atoms with Crippen molar-refractivity contribution in [2.45, 2.75) is 39.0 Å². The molecule has 0 unspecified atom stereocenters. The van der Waals surface area contributed by atoms with Gasteiger partial charge in [-0.2, -0.15) is 5.10 Å². The third kappa shape index (κ3) is 2.57. The molecule has 0 spiro atoms. The summed E-state index contributed by atoms with van der Waals surface area (Å²) < 4.78 is 7.92. The van der Waals surface area contributed by atoms with Crippen molar-refractivity contribution in [1.29, 1.82) is 0 Å². The number of aryl methyl sites for hydroxylation is 2. The van der Waals surface area contributed by atoms with Gasteiger partial charge < -0.3 is 9.64 Å². The fraction of sp³-hybridized carbons (Fsp3) is 0.562. The van der Waals surface area contributed by atoms with Crippen molar-refractivity contribution in [2.24, 2.45) is 5.92 Å². The second kappa shape index (κ2) is 5.72. The van der Waals surface area contributed by atoms with Crippen LogP contribution in [0.4, 0.5) is 0 Å². The molecule has 0 aromatic carbocycles. The van der Waals surface area contributed by atoms with Crippen molar-refractivity contribution < 1.29 is 9.53 Å². The van der Waals surface area contributed by atoms with Crippen molar-refractivity contribution >= 4 is 17.2 Å². The minimum atomic E-state index is 0.0660. The lowest BCUT2D eigenvalue weighted by molar-refractivity contribution is 0.0351. The quantitative estimate of drug-likeness (QED) is 0.865. The van der Waals surface area contributed by atoms with Crippen LogP contribution in [0.25, 0.3) is 0 Å². The molecule has 3 atom stereocenters. The van der Waals surface area contributed by atoms with Gasteiger partial charge in [-0.1, -0.05) is 0 Å². The van der Waals surface area contributed by atoms with Gasteiger partial charge in [0.1, 0.15) is 16.8 Å². The Morgan fingerprint density at radius 2 is 2.35 bits per heavy atom. The molecule has 2 saturated heterocycles. The van der Waals surface area contributed by atoms with E-state index in [1.165, 1.54) is 0 Å². The molecule has 0 aliphatic carbocycles. The highest BCUT2D eigenvalue weighted by Crippen LogP contribution is 2.41. The van der Waals surface area contributed by atoms with Crippen molar-refractivity contribution in [3.8, 4) is 0 Å². The van der Waals surface area contributed by atoms with Gasteiger partial charge in [0.25, 0.3) is 5.91 Å². The zero-order valence-corrected chi connectivity index (χ0v) is 14.1. The number of nitrogens with zero attached hydrogens (tertiary/aromatic N) is 4. The van der Waals surface area contributed by atoms with E-state index in [0.29, 0.717) is 24.7 Å². The Bertz CT molecular complexity index is 698. The fourth-order valence-corrected chi connectivity index (χ4v) is 4.29. The van der Waals surface area contributed by atoms with E-state index in [2.05, 4.69) is 10.1 Å². The fourth-order valence-electron chi connectivity index (χ4n) is 3.60. The van der Waals surface area contributed by atoms with Gasteiger partial charge in [-0.25, -0.2) is 4.98 Å². The van der Waals surface area contributed by atoms with Gasteiger partial charge in [0.05, 0.1) is 11.8 Å². The monoisotopic (exact) mass is 332 g/mol. The maximum absolute atomic E-state index is 12.8. The van der Waals surface area contributed by atoms with Crippen LogP contribution < -0.4 is 0 Å². The first-order valence-corrected chi connectivity index (χ1v) is 8.92. The number of amides is 1. The van der Waals surface area contributed by atoms with Gasteiger partial charge >= 0.3 is 0 Å². The molecule has 2 aliphatic heterocycles. The molecule has 2 aromatic rings. The van der Waals surface area contributed by atoms with E-state index >= 15 is 0 Å². The van der Waals surface area contributed by atoms with Crippen LogP contribution in [0, 0.1) is 12.8 Å². The second-order valence-corrected chi connectivity index (χ2v) is 7.15. The number of likely N-dealkylation sites (tertiary alicyclic amines) is 1. The number of carbonyl (C=O) groups is 1. The van der Waals surface area contributed by atoms with E-state index in [-0.39, 0.29) is 18.1 Å². The SMILES string of the molecule is CCn1nc(C)cc1C(=O)N1C[C@@H]2C[C@@H](c3nccs3)O[C@@H]2C1. The summed E-state index contributed by atoms with van der Waals surface area (Å²) in [6, 6.07) is 1.87. The van der Waals surface area contributed by atoms with Gasteiger partial charge in [0.2, 0.25) is 0 Å². The van der Waals surface area contributed by atoms with Crippen LogP contribution in [0.3, 0.4) is 0 Å². The molecular weight excluding hydrogens is 312 g/mol. The first-order chi connectivity index (χ1) is 11.2. The Hall–Kier alpha value is -1.73. The summed E-state index contributed by atoms with van der Waals surface area (Å²) in [7, 11) is 0. The molecule has 122 valence electrons. The summed E-state index contributed by atoms with van der Waals surface area (Å²) in [4.78, 5) is 19.0. The van der Waals surface area contributed by atoms with Crippen molar-refractivity contribution in [2.75, 3.05) is 13.1 Å². The maximum Gasteiger partial charge on any atom is 0.272 e. The topological polar surface area (TPSA) is 60.2 Å². The number of carbonyl (C=O) groups excluding carboxylic acids is 1. The molecule has 1 amide bonds. The number of thiazole rings is 1. The highest BCUT2D eigenvalue weighted by atomic mass is 32.1. The molecule has 2 aliphatic rings. The van der Waals surface area contributed by atoms with Crippen LogP contribution in [0.2, 0.25) is 0 Å². The number of fused-ring (bicyclic) bond motifs is 1. The molecule has 4 rings (SSSR count). The van der Waals surface area contributed by atoms with Crippen LogP contribution in [-0.2, 0) is 11.3 Å². The van der Waals surface area contributed by atoms with Crippen molar-refractivity contribution in [3.63, 3.8) is 0 Å². The minimum Gasteiger partial charge on any atom is -0.366 e. The molecule has 4 heterocycles. The van der Waals surface area contributed by atoms with Crippen molar-refractivity contribution in [3.05, 3.63) is 34.0 Å². The molecule has 7 heteroatoms. The summed E-state index contributed by atoms with van der Waals surface area (Å²) >= 11 is 1.64. The van der Waals surface area contributed by atoms with Crippen LogP contribution in [-0.4, -0.2) is 44.8 Å². The lowest BCUT2D eigenvalue weighted by atomic mass is 10.0. The number of hydrogen-bond donors (Lipinski definition) is 0. The van der Waals surface area contributed by atoms with E-state index in [4.69, 9.17) is 4.74 Å². The maximum atomic E-state index is 12.8. The lowest BCUT2D eigenvalue weighted by Crippen LogP contribution is -2.32. The largest absolute Gasteiger partial charge is 0.366 e. The first-order valence-electron chi connectivity index (χ1n) is 8.04. The van der Waals surface area contributed by atoms with Crippen molar-refractivity contribution in [1.82, 2.24) is 19.7 Å². The normalized spacial score (nSPS) is 26.7. The summed E-state index contributed by atoms with van der Waals surface area (Å²) in [6.45, 7) is 6.06. The van der Waals surface area contributed by atoms with E-state index in [1.54, 1.807) is 16.0 Å². The molecule has 0 radical (unpaired) electrons. The van der Waals surface area contributed by atoms with Gasteiger partial charge in [-0.3, -0.25) is 9.48 Å². The summed E-state index contributed by atoms with van der Waals surface area (Å²) in [6.07, 6.45) is 3.01. The Balaban J connectivity index is 1.45. The molecule has 0 saturated carbocycles. The van der Waals surface area contributed by atoms with Crippen LogP contribution in [0.1, 0.15) is 40.6 Å². The van der Waals surface area contributed by atoms with Gasteiger partial charge in [-0.15, -0.1) is 11.3 Å². The third-order valence-electron chi connectivity index (χ3n) is 4.67. The van der Waals surface area contributed by atoms with Crippen LogP contribution >= 0.6 is 11.3 Å². The summed E-state index contributed by atoms with van der Waals surface area (Å²) in [5.41, 5.74) is 1.57. The van der Waals surface area contributed by atoms with E-state index < -0.39 is 0 Å². The van der Waals surface area contributed by atoms with Crippen LogP contribution in [0.5, 0.6) is 0 Å². The molecule has 23 heavy (non-hydrogen) atoms. The predicted octanol–water partition coefficient (Wildman–Crippen LogP) is 2.27. The average Bonchev–Trinajstić information content (AvgIpc) is 3.27. The molecule has 0 N–H and O–H groups in total. The highest BCUT2D eigenvalue weighted by molar-refractivity contribution is 7.09. The van der Waals surface area contributed by atoms with Crippen LogP contribution in [0.15, 0.2) is 17.6 Å². The molecule has 2 aromatic heterocycles. The Labute approximate surface area is 139 Å². The molecule has 6 nitrogen and oxygen atoms in total. The summed E-state index contributed by atoms with van der Waals surface area (Å²) in [5, 5.41) is 7.41. The first kappa shape index (κ1) is 14.8. The summed E-state index contributed by atoms with van der Waals surface area (Å²) in [5.74, 6) is 0.475. The molecule has 2 fully saturated rings. The Kier molecular flexibility index (Phi) is 3.69. The lowest BCUT2D eigenvalue weighted by Gasteiger charge is -2.19. The van der Waals surface area contributed by atoms with E-state index in [0.717, 1.165) is 23.7 Å². The zero-order chi connectivity index (χ0) is 16.0. The van der Waals surface area contributed by atoms with Gasteiger partial charge in [-0.05, 0) is 26.3 Å². The Morgan fingerprint density at radius 3 is 3.04 bits per heavy atom. The minimum absolute atomic E-state index is 0.0660. The highest BCUT2D eigenvalue weighted by Gasteiger charge is 2.45. The number of rotatable bonds is 3. The number of hydrogen-bond acceptors (Lipinski definition) is 5. The molecule has 0 bridgehead atoms. The Morgan fingerprint density at radius 1 is 1.48 bits per heavy atom. The molecular formula is C16H20N4O2S. The van der Waals surface area contributed by atoms with Gasteiger partial charge in [0.15, 0.2) is 0 Å². The number of aromatic nitrogens is 3. The van der Waals surface area contributed by atoms with E-state index in [1.807, 2.05) is 36.4 Å². The zero-order valence-electron chi connectivity index (χ0n) is 13.3. The van der Waals surface area contributed by atoms with E-state index in [9.17, 15) is 4.79 Å². The second-order valence-electron chi connectivity index (χ2n) is 6.23. The smallest absolute Gasteiger partial charge is 0.272 e. The predicted molar refractivity (Wildman–Crippen MR) is 86.4 cm³/mol. The number of ether oxygens (including phenoxy) is 1.